The van der Waals surface area contributed by atoms with Crippen molar-refractivity contribution in [1.82, 2.24) is 28.4 Å². The van der Waals surface area contributed by atoms with E-state index in [1.807, 2.05) is 0 Å². The van der Waals surface area contributed by atoms with Crippen LogP contribution in [-0.4, -0.2) is 49.9 Å². The third-order valence-electron chi connectivity index (χ3n) is 5.27. The summed E-state index contributed by atoms with van der Waals surface area (Å²) >= 11 is 0. The van der Waals surface area contributed by atoms with E-state index in [0.29, 0.717) is 10.3 Å². The van der Waals surface area contributed by atoms with Crippen molar-refractivity contribution in [1.29, 1.82) is 0 Å². The smallest absolute Gasteiger partial charge is 0.274 e. The van der Waals surface area contributed by atoms with Gasteiger partial charge in [0.2, 0.25) is 15.8 Å². The molecule has 4 rings (SSSR count). The highest BCUT2D eigenvalue weighted by Crippen LogP contribution is 2.29. The van der Waals surface area contributed by atoms with Crippen LogP contribution >= 0.6 is 0 Å². The van der Waals surface area contributed by atoms with Gasteiger partial charge in [0.1, 0.15) is 0 Å². The molecule has 0 atom stereocenters. The summed E-state index contributed by atoms with van der Waals surface area (Å²) in [5.74, 6) is -1.27. The molecular weight excluding hydrogens is 437 g/mol. The molecule has 1 saturated heterocycles. The number of sulfonamides is 1. The predicted molar refractivity (Wildman–Crippen MR) is 103 cm³/mol. The van der Waals surface area contributed by atoms with E-state index in [4.69, 9.17) is 0 Å². The summed E-state index contributed by atoms with van der Waals surface area (Å²) in [6, 6.07) is 7.38. The van der Waals surface area contributed by atoms with Crippen LogP contribution in [0.2, 0.25) is 0 Å². The van der Waals surface area contributed by atoms with Crippen LogP contribution in [-0.2, 0) is 23.2 Å². The highest BCUT2D eigenvalue weighted by molar-refractivity contribution is 7.89. The van der Waals surface area contributed by atoms with Gasteiger partial charge in [-0.25, -0.2) is 22.6 Å². The van der Waals surface area contributed by atoms with Crippen LogP contribution in [0.25, 0.3) is 5.69 Å². The third kappa shape index (κ3) is 3.90. The molecule has 9 nitrogen and oxygen atoms in total. The lowest BCUT2D eigenvalue weighted by Crippen LogP contribution is -2.41. The van der Waals surface area contributed by atoms with Gasteiger partial charge in [-0.1, -0.05) is 0 Å². The molecule has 2 aromatic heterocycles. The number of hydrogen-bond donors (Lipinski definition) is 0. The molecule has 3 heterocycles. The van der Waals surface area contributed by atoms with Crippen molar-refractivity contribution in [2.24, 2.45) is 7.05 Å². The Kier molecular flexibility index (Phi) is 5.25. The normalized spacial score (nSPS) is 16.6. The maximum atomic E-state index is 13.0. The first-order valence-electron chi connectivity index (χ1n) is 9.42. The number of halogens is 3. The maximum absolute atomic E-state index is 13.0. The van der Waals surface area contributed by atoms with E-state index in [1.165, 1.54) is 16.4 Å². The second kappa shape index (κ2) is 7.64. The first-order chi connectivity index (χ1) is 14.6. The second-order valence-corrected chi connectivity index (χ2v) is 9.13. The minimum Gasteiger partial charge on any atom is -0.274 e. The van der Waals surface area contributed by atoms with E-state index in [0.717, 1.165) is 11.7 Å². The van der Waals surface area contributed by atoms with Gasteiger partial charge in [0.15, 0.2) is 0 Å². The average molecular weight is 456 g/mol. The standard InChI is InChI=1S/C18H19F3N6O3S/c1-24-16(18(19,20)21)23-27(17(24)28)14-7-11-25(12-8-14)31(29,30)15-5-3-13(4-6-15)26-10-2-9-22-26/h2-6,9-10,14H,7-8,11-12H2,1H3. The van der Waals surface area contributed by atoms with Gasteiger partial charge in [0, 0.05) is 32.5 Å². The first kappa shape index (κ1) is 21.3. The van der Waals surface area contributed by atoms with Crippen molar-refractivity contribution in [3.8, 4) is 5.69 Å². The Morgan fingerprint density at radius 2 is 1.74 bits per heavy atom. The quantitative estimate of drug-likeness (QED) is 0.597. The number of nitrogens with zero attached hydrogens (tertiary/aromatic N) is 6. The van der Waals surface area contributed by atoms with Crippen LogP contribution in [0.3, 0.4) is 0 Å². The van der Waals surface area contributed by atoms with Gasteiger partial charge in [-0.3, -0.25) is 4.57 Å². The second-order valence-electron chi connectivity index (χ2n) is 7.19. The van der Waals surface area contributed by atoms with E-state index < -0.39 is 33.8 Å². The van der Waals surface area contributed by atoms with Crippen molar-refractivity contribution in [2.45, 2.75) is 30.0 Å². The molecule has 3 aromatic rings. The van der Waals surface area contributed by atoms with Crippen molar-refractivity contribution in [3.05, 3.63) is 59.0 Å². The topological polar surface area (TPSA) is 95.0 Å². The van der Waals surface area contributed by atoms with Gasteiger partial charge in [-0.15, -0.1) is 5.10 Å². The third-order valence-corrected chi connectivity index (χ3v) is 7.18. The van der Waals surface area contributed by atoms with Crippen LogP contribution in [0, 0.1) is 0 Å². The zero-order chi connectivity index (χ0) is 22.4. The molecule has 0 spiro atoms. The van der Waals surface area contributed by atoms with Crippen LogP contribution in [0.4, 0.5) is 13.2 Å². The molecule has 0 unspecified atom stereocenters. The summed E-state index contributed by atoms with van der Waals surface area (Å²) in [5, 5.41) is 7.54. The van der Waals surface area contributed by atoms with Crippen molar-refractivity contribution in [2.75, 3.05) is 13.1 Å². The van der Waals surface area contributed by atoms with E-state index in [1.54, 1.807) is 35.3 Å². The molecule has 1 aromatic carbocycles. The fourth-order valence-electron chi connectivity index (χ4n) is 3.61. The van der Waals surface area contributed by atoms with E-state index in [2.05, 4.69) is 10.2 Å². The van der Waals surface area contributed by atoms with Crippen LogP contribution in [0.1, 0.15) is 24.7 Å². The fourth-order valence-corrected chi connectivity index (χ4v) is 5.08. The molecule has 0 saturated carbocycles. The molecule has 1 aliphatic rings. The van der Waals surface area contributed by atoms with Crippen LogP contribution in [0.15, 0.2) is 52.4 Å². The van der Waals surface area contributed by atoms with Gasteiger partial charge >= 0.3 is 11.9 Å². The first-order valence-corrected chi connectivity index (χ1v) is 10.9. The van der Waals surface area contributed by atoms with Crippen LogP contribution in [0.5, 0.6) is 0 Å². The van der Waals surface area contributed by atoms with Crippen LogP contribution < -0.4 is 5.69 Å². The summed E-state index contributed by atoms with van der Waals surface area (Å²) in [4.78, 5) is 12.3. The molecular formula is C18H19F3N6O3S. The summed E-state index contributed by atoms with van der Waals surface area (Å²) < 4.78 is 69.1. The Morgan fingerprint density at radius 1 is 1.10 bits per heavy atom. The van der Waals surface area contributed by atoms with Gasteiger partial charge in [-0.2, -0.15) is 22.6 Å². The molecule has 0 radical (unpaired) electrons. The number of piperidine rings is 1. The maximum Gasteiger partial charge on any atom is 0.451 e. The molecule has 166 valence electrons. The lowest BCUT2D eigenvalue weighted by Gasteiger charge is -2.30. The van der Waals surface area contributed by atoms with Gasteiger partial charge in [0.05, 0.1) is 16.6 Å². The van der Waals surface area contributed by atoms with Crippen molar-refractivity contribution in [3.63, 3.8) is 0 Å². The summed E-state index contributed by atoms with van der Waals surface area (Å²) in [5.41, 5.74) is -0.166. The fraction of sp³-hybridized carbons (Fsp3) is 0.389. The number of rotatable bonds is 4. The number of aromatic nitrogens is 5. The summed E-state index contributed by atoms with van der Waals surface area (Å²) in [7, 11) is -2.76. The zero-order valence-corrected chi connectivity index (χ0v) is 17.2. The molecule has 1 aliphatic heterocycles. The molecule has 0 N–H and O–H groups in total. The number of benzene rings is 1. The minimum absolute atomic E-state index is 0.0677. The van der Waals surface area contributed by atoms with Gasteiger partial charge in [0.25, 0.3) is 0 Å². The number of hydrogen-bond acceptors (Lipinski definition) is 5. The molecule has 0 bridgehead atoms. The Hall–Kier alpha value is -2.93. The highest BCUT2D eigenvalue weighted by Gasteiger charge is 2.39. The SMILES string of the molecule is Cn1c(C(F)(F)F)nn(C2CCN(S(=O)(=O)c3ccc(-n4cccn4)cc3)CC2)c1=O. The zero-order valence-electron chi connectivity index (χ0n) is 16.4. The Morgan fingerprint density at radius 3 is 2.26 bits per heavy atom. The Labute approximate surface area is 175 Å². The molecule has 1 fully saturated rings. The van der Waals surface area contributed by atoms with E-state index in [9.17, 15) is 26.4 Å². The average Bonchev–Trinajstić information content (AvgIpc) is 3.37. The molecule has 0 amide bonds. The highest BCUT2D eigenvalue weighted by atomic mass is 32.2. The Balaban J connectivity index is 1.49. The van der Waals surface area contributed by atoms with E-state index >= 15 is 0 Å². The van der Waals surface area contributed by atoms with E-state index in [-0.39, 0.29) is 30.8 Å². The minimum atomic E-state index is -4.74. The largest absolute Gasteiger partial charge is 0.451 e. The molecule has 13 heteroatoms. The van der Waals surface area contributed by atoms with Crippen molar-refractivity contribution < 1.29 is 21.6 Å². The predicted octanol–water partition coefficient (Wildman–Crippen LogP) is 1.81. The number of alkyl halides is 3. The Bertz CT molecular complexity index is 1220. The summed E-state index contributed by atoms with van der Waals surface area (Å²) in [6.45, 7) is 0.135. The monoisotopic (exact) mass is 456 g/mol. The van der Waals surface area contributed by atoms with Crippen molar-refractivity contribution >= 4 is 10.0 Å². The molecule has 31 heavy (non-hydrogen) atoms. The lowest BCUT2D eigenvalue weighted by molar-refractivity contribution is -0.147. The summed E-state index contributed by atoms with van der Waals surface area (Å²) in [6.07, 6.45) is -1.04. The van der Waals surface area contributed by atoms with Gasteiger partial charge in [-0.05, 0) is 43.2 Å². The molecule has 0 aliphatic carbocycles. The van der Waals surface area contributed by atoms with Gasteiger partial charge < -0.3 is 0 Å². The lowest BCUT2D eigenvalue weighted by atomic mass is 10.1.